The van der Waals surface area contributed by atoms with Crippen LogP contribution in [0.4, 0.5) is 0 Å². The van der Waals surface area contributed by atoms with Gasteiger partial charge in [-0.1, -0.05) is 158 Å². The third-order valence-corrected chi connectivity index (χ3v) is 7.88. The molecule has 0 spiro atoms. The molecule has 0 heterocycles. The fourth-order valence-corrected chi connectivity index (χ4v) is 5.97. The molecule has 0 fully saturated rings. The molecule has 0 unspecified atom stereocenters. The Morgan fingerprint density at radius 3 is 1.71 bits per heavy atom. The van der Waals surface area contributed by atoms with Gasteiger partial charge in [0.15, 0.2) is 0 Å². The average Bonchev–Trinajstić information content (AvgIpc) is 3.15. The molecule has 0 amide bonds. The van der Waals surface area contributed by atoms with Crippen molar-refractivity contribution < 1.29 is 9.60 Å². The molecule has 0 saturated carbocycles. The second-order valence-electron chi connectivity index (χ2n) is 10.3. The average molecular weight is 540 g/mol. The summed E-state index contributed by atoms with van der Waals surface area (Å²) in [5.74, 6) is 0. The van der Waals surface area contributed by atoms with Crippen molar-refractivity contribution in [2.75, 3.05) is 0 Å². The molecule has 0 atom stereocenters. The summed E-state index contributed by atoms with van der Waals surface area (Å²) in [7, 11) is 0. The Kier molecular flexibility index (Phi) is 4.38. The fraction of sp³-hybridized carbons (Fsp3) is 0. The summed E-state index contributed by atoms with van der Waals surface area (Å²) in [5, 5.41) is 3.37. The molecule has 0 saturated heterocycles. The lowest BCUT2D eigenvalue weighted by Gasteiger charge is -2.19. The van der Waals surface area contributed by atoms with Crippen LogP contribution in [0.25, 0.3) is 76.8 Å². The molecule has 0 aliphatic carbocycles. The molecule has 0 nitrogen and oxygen atoms in total. The zero-order chi connectivity index (χ0) is 34.0. The first kappa shape index (κ1) is 18.1. The first-order valence-corrected chi connectivity index (χ1v) is 14.0. The Bertz CT molecular complexity index is 2610. The lowest BCUT2D eigenvalue weighted by Crippen LogP contribution is -1.92. The highest BCUT2D eigenvalue weighted by atomic mass is 14.2. The van der Waals surface area contributed by atoms with Crippen LogP contribution < -0.4 is 0 Å². The Morgan fingerprint density at radius 2 is 0.929 bits per heavy atom. The van der Waals surface area contributed by atoms with Crippen LogP contribution in [-0.2, 0) is 0 Å². The van der Waals surface area contributed by atoms with E-state index in [-0.39, 0.29) is 53.1 Å². The van der Waals surface area contributed by atoms with Gasteiger partial charge in [-0.05, 0) is 88.9 Å². The van der Waals surface area contributed by atoms with Crippen LogP contribution in [0.3, 0.4) is 0 Å². The summed E-state index contributed by atoms with van der Waals surface area (Å²) >= 11 is 0. The van der Waals surface area contributed by atoms with Crippen molar-refractivity contribution in [3.63, 3.8) is 0 Å². The standard InChI is InChI=1S/C42H28/c1-3-13-29(14-4-1)32-25-26-39-40(28-32)42(38-23-10-9-22-37(38)41(39)31-16-5-2-6-17-31)34-20-11-19-33(27-34)36-24-12-18-30-15-7-8-21-35(30)36/h1-28H/i9D,10D,22D,23D,25D,26D,28D. The van der Waals surface area contributed by atoms with Gasteiger partial charge in [0, 0.05) is 0 Å². The minimum atomic E-state index is -0.380. The molecular weight excluding hydrogens is 504 g/mol. The molecule has 0 heteroatoms. The molecule has 8 aromatic rings. The van der Waals surface area contributed by atoms with Crippen LogP contribution in [0, 0.1) is 0 Å². The van der Waals surface area contributed by atoms with Gasteiger partial charge in [-0.2, -0.15) is 0 Å². The van der Waals surface area contributed by atoms with Crippen LogP contribution in [0.1, 0.15) is 9.60 Å². The molecule has 0 radical (unpaired) electrons. The first-order valence-electron chi connectivity index (χ1n) is 17.5. The molecule has 0 aliphatic heterocycles. The van der Waals surface area contributed by atoms with E-state index in [4.69, 9.17) is 2.74 Å². The van der Waals surface area contributed by atoms with Crippen LogP contribution >= 0.6 is 0 Å². The van der Waals surface area contributed by atoms with E-state index in [9.17, 15) is 6.85 Å². The van der Waals surface area contributed by atoms with E-state index in [0.29, 0.717) is 44.2 Å². The van der Waals surface area contributed by atoms with Gasteiger partial charge >= 0.3 is 0 Å². The molecule has 42 heavy (non-hydrogen) atoms. The number of benzene rings is 8. The van der Waals surface area contributed by atoms with Crippen molar-refractivity contribution in [1.82, 2.24) is 0 Å². The van der Waals surface area contributed by atoms with Crippen molar-refractivity contribution in [3.8, 4) is 44.5 Å². The number of rotatable bonds is 4. The van der Waals surface area contributed by atoms with Crippen molar-refractivity contribution in [1.29, 1.82) is 0 Å². The normalized spacial score (nSPS) is 13.7. The Balaban J connectivity index is 1.62. The Labute approximate surface area is 256 Å². The van der Waals surface area contributed by atoms with E-state index < -0.39 is 0 Å². The monoisotopic (exact) mass is 539 g/mol. The molecule has 8 rings (SSSR count). The molecule has 0 aliphatic rings. The van der Waals surface area contributed by atoms with Gasteiger partial charge in [0.25, 0.3) is 0 Å². The third-order valence-electron chi connectivity index (χ3n) is 7.88. The summed E-state index contributed by atoms with van der Waals surface area (Å²) in [6.45, 7) is 0. The number of hydrogen-bond acceptors (Lipinski definition) is 0. The maximum atomic E-state index is 9.79. The molecule has 0 aromatic heterocycles. The van der Waals surface area contributed by atoms with Gasteiger partial charge in [-0.3, -0.25) is 0 Å². The highest BCUT2D eigenvalue weighted by Gasteiger charge is 2.18. The second kappa shape index (κ2) is 10.2. The first-order chi connectivity index (χ1) is 23.8. The zero-order valence-electron chi connectivity index (χ0n) is 29.6. The van der Waals surface area contributed by atoms with Crippen molar-refractivity contribution in [3.05, 3.63) is 170 Å². The SMILES string of the molecule is [2H]c1c([2H])c([2H])c2c(-c3cccc(-c4cccc5ccccc45)c3)c3c([2H])c(-c4ccccc4)c([2H])c([2H])c3c(-c3ccccc3)c2c1[2H]. The minimum Gasteiger partial charge on any atom is -0.0622 e. The maximum absolute atomic E-state index is 9.79. The van der Waals surface area contributed by atoms with Crippen LogP contribution in [0.2, 0.25) is 0 Å². The topological polar surface area (TPSA) is 0 Å². The van der Waals surface area contributed by atoms with Crippen molar-refractivity contribution in [2.45, 2.75) is 0 Å². The van der Waals surface area contributed by atoms with Gasteiger partial charge in [0.05, 0.1) is 9.60 Å². The summed E-state index contributed by atoms with van der Waals surface area (Å²) < 4.78 is 64.6. The Hall–Kier alpha value is -5.46. The predicted molar refractivity (Wildman–Crippen MR) is 181 cm³/mol. The molecule has 196 valence electrons. The highest BCUT2D eigenvalue weighted by molar-refractivity contribution is 6.22. The largest absolute Gasteiger partial charge is 0.0636 e. The van der Waals surface area contributed by atoms with Gasteiger partial charge in [-0.25, -0.2) is 0 Å². The summed E-state index contributed by atoms with van der Waals surface area (Å²) in [6, 6.07) is 39.1. The van der Waals surface area contributed by atoms with E-state index in [1.807, 2.05) is 103 Å². The molecule has 0 bridgehead atoms. The highest BCUT2D eigenvalue weighted by Crippen LogP contribution is 2.45. The summed E-state index contributed by atoms with van der Waals surface area (Å²) in [4.78, 5) is 0. The number of fused-ring (bicyclic) bond motifs is 3. The van der Waals surface area contributed by atoms with Gasteiger partial charge in [-0.15, -0.1) is 0 Å². The van der Waals surface area contributed by atoms with E-state index in [1.54, 1.807) is 0 Å². The molecule has 0 N–H and O–H groups in total. The van der Waals surface area contributed by atoms with E-state index in [2.05, 4.69) is 24.3 Å². The second-order valence-corrected chi connectivity index (χ2v) is 10.3. The van der Waals surface area contributed by atoms with E-state index in [0.717, 1.165) is 21.9 Å². The van der Waals surface area contributed by atoms with Gasteiger partial charge in [0.2, 0.25) is 0 Å². The summed E-state index contributed by atoms with van der Waals surface area (Å²) in [5.41, 5.74) is 4.97. The third kappa shape index (κ3) is 4.08. The van der Waals surface area contributed by atoms with E-state index >= 15 is 0 Å². The predicted octanol–water partition coefficient (Wildman–Crippen LogP) is 11.8. The van der Waals surface area contributed by atoms with Crippen molar-refractivity contribution >= 4 is 32.3 Å². The smallest absolute Gasteiger partial charge is 0.0622 e. The fourth-order valence-electron chi connectivity index (χ4n) is 5.97. The quantitative estimate of drug-likeness (QED) is 0.195. The summed E-state index contributed by atoms with van der Waals surface area (Å²) in [6.07, 6.45) is 0. The van der Waals surface area contributed by atoms with Crippen molar-refractivity contribution in [2.24, 2.45) is 0 Å². The van der Waals surface area contributed by atoms with E-state index in [1.165, 1.54) is 0 Å². The lowest BCUT2D eigenvalue weighted by molar-refractivity contribution is 1.62. The van der Waals surface area contributed by atoms with Gasteiger partial charge < -0.3 is 0 Å². The van der Waals surface area contributed by atoms with Gasteiger partial charge in [0.1, 0.15) is 0 Å². The number of hydrogen-bond donors (Lipinski definition) is 0. The zero-order valence-corrected chi connectivity index (χ0v) is 22.6. The molecular formula is C42H28. The van der Waals surface area contributed by atoms with Crippen LogP contribution in [0.15, 0.2) is 170 Å². The Morgan fingerprint density at radius 1 is 0.357 bits per heavy atom. The van der Waals surface area contributed by atoms with Crippen LogP contribution in [0.5, 0.6) is 0 Å². The lowest BCUT2D eigenvalue weighted by atomic mass is 9.84. The van der Waals surface area contributed by atoms with Crippen LogP contribution in [-0.4, -0.2) is 0 Å². The maximum Gasteiger partial charge on any atom is 0.0636 e. The minimum absolute atomic E-state index is 0.0271. The molecule has 8 aromatic carbocycles.